The second-order valence-electron chi connectivity index (χ2n) is 6.14. The van der Waals surface area contributed by atoms with E-state index in [1.54, 1.807) is 23.5 Å². The van der Waals surface area contributed by atoms with Crippen molar-refractivity contribution in [2.24, 2.45) is 5.92 Å². The molecule has 136 valence electrons. The maximum atomic E-state index is 12.9. The van der Waals surface area contributed by atoms with Crippen molar-refractivity contribution in [3.8, 4) is 0 Å². The van der Waals surface area contributed by atoms with Gasteiger partial charge in [0.25, 0.3) is 0 Å². The molecule has 0 aliphatic carbocycles. The van der Waals surface area contributed by atoms with Crippen LogP contribution in [0.2, 0.25) is 0 Å². The van der Waals surface area contributed by atoms with E-state index in [1.165, 1.54) is 12.1 Å². The predicted octanol–water partition coefficient (Wildman–Crippen LogP) is 3.62. The van der Waals surface area contributed by atoms with Crippen molar-refractivity contribution in [1.29, 1.82) is 0 Å². The summed E-state index contributed by atoms with van der Waals surface area (Å²) in [6.45, 7) is 9.46. The molecule has 6 heteroatoms. The summed E-state index contributed by atoms with van der Waals surface area (Å²) in [6, 6.07) is 6.29. The van der Waals surface area contributed by atoms with Gasteiger partial charge in [-0.15, -0.1) is 11.3 Å². The van der Waals surface area contributed by atoms with Crippen molar-refractivity contribution in [3.63, 3.8) is 0 Å². The van der Waals surface area contributed by atoms with Crippen LogP contribution in [0.25, 0.3) is 0 Å². The Kier molecular flexibility index (Phi) is 7.52. The molecule has 1 amide bonds. The first-order valence-electron chi connectivity index (χ1n) is 8.69. The lowest BCUT2D eigenvalue weighted by molar-refractivity contribution is -0.124. The van der Waals surface area contributed by atoms with Gasteiger partial charge >= 0.3 is 0 Å². The van der Waals surface area contributed by atoms with Crippen LogP contribution in [0, 0.1) is 11.7 Å². The van der Waals surface area contributed by atoms with Crippen LogP contribution < -0.4 is 5.32 Å². The van der Waals surface area contributed by atoms with Gasteiger partial charge in [-0.05, 0) is 37.2 Å². The summed E-state index contributed by atoms with van der Waals surface area (Å²) in [7, 11) is 0. The predicted molar refractivity (Wildman–Crippen MR) is 99.9 cm³/mol. The van der Waals surface area contributed by atoms with Crippen LogP contribution in [0.3, 0.4) is 0 Å². The summed E-state index contributed by atoms with van der Waals surface area (Å²) in [5.41, 5.74) is 2.01. The number of carbonyl (C=O) groups is 1. The summed E-state index contributed by atoms with van der Waals surface area (Å²) in [5, 5.41) is 5.92. The van der Waals surface area contributed by atoms with E-state index in [0.29, 0.717) is 13.0 Å². The Morgan fingerprint density at radius 1 is 1.28 bits per heavy atom. The van der Waals surface area contributed by atoms with E-state index >= 15 is 0 Å². The summed E-state index contributed by atoms with van der Waals surface area (Å²) < 4.78 is 12.9. The Hall–Kier alpha value is -1.79. The number of aromatic nitrogens is 1. The average molecular weight is 364 g/mol. The van der Waals surface area contributed by atoms with Gasteiger partial charge in [0.15, 0.2) is 0 Å². The van der Waals surface area contributed by atoms with Crippen molar-refractivity contribution < 1.29 is 9.18 Å². The van der Waals surface area contributed by atoms with Crippen molar-refractivity contribution in [2.45, 2.75) is 40.3 Å². The molecule has 25 heavy (non-hydrogen) atoms. The summed E-state index contributed by atoms with van der Waals surface area (Å²) in [4.78, 5) is 19.1. The fraction of sp³-hybridized carbons (Fsp3) is 0.474. The van der Waals surface area contributed by atoms with Crippen molar-refractivity contribution >= 4 is 17.2 Å². The highest BCUT2D eigenvalue weighted by Gasteiger charge is 2.14. The molecule has 1 aromatic heterocycles. The summed E-state index contributed by atoms with van der Waals surface area (Å²) in [5.74, 6) is -0.435. The molecular weight excluding hydrogens is 337 g/mol. The van der Waals surface area contributed by atoms with E-state index < -0.39 is 0 Å². The highest BCUT2D eigenvalue weighted by molar-refractivity contribution is 7.09. The molecule has 0 aliphatic rings. The molecule has 0 bridgehead atoms. The van der Waals surface area contributed by atoms with Gasteiger partial charge in [-0.25, -0.2) is 9.37 Å². The van der Waals surface area contributed by atoms with E-state index in [2.05, 4.69) is 34.4 Å². The lowest BCUT2D eigenvalue weighted by Gasteiger charge is -2.15. The maximum Gasteiger partial charge on any atom is 0.223 e. The minimum absolute atomic E-state index is 0.00943. The first kappa shape index (κ1) is 19.5. The quantitative estimate of drug-likeness (QED) is 0.740. The number of halogens is 1. The van der Waals surface area contributed by atoms with Crippen LogP contribution in [0.1, 0.15) is 37.0 Å². The fourth-order valence-corrected chi connectivity index (χ4v) is 3.31. The van der Waals surface area contributed by atoms with E-state index in [0.717, 1.165) is 35.9 Å². The van der Waals surface area contributed by atoms with Crippen molar-refractivity contribution in [3.05, 3.63) is 51.7 Å². The van der Waals surface area contributed by atoms with Gasteiger partial charge in [0.1, 0.15) is 10.8 Å². The molecule has 1 N–H and O–H groups in total. The molecule has 0 aliphatic heterocycles. The molecule has 0 fully saturated rings. The van der Waals surface area contributed by atoms with Gasteiger partial charge in [0.2, 0.25) is 5.91 Å². The Morgan fingerprint density at radius 2 is 1.96 bits per heavy atom. The summed E-state index contributed by atoms with van der Waals surface area (Å²) >= 11 is 1.58. The van der Waals surface area contributed by atoms with Crippen LogP contribution in [0.15, 0.2) is 29.6 Å². The lowest BCUT2D eigenvalue weighted by Crippen LogP contribution is -2.29. The zero-order valence-corrected chi connectivity index (χ0v) is 15.9. The monoisotopic (exact) mass is 363 g/mol. The van der Waals surface area contributed by atoms with Gasteiger partial charge < -0.3 is 5.32 Å². The molecule has 4 nitrogen and oxygen atoms in total. The first-order chi connectivity index (χ1) is 12.0. The van der Waals surface area contributed by atoms with Crippen molar-refractivity contribution in [1.82, 2.24) is 15.2 Å². The summed E-state index contributed by atoms with van der Waals surface area (Å²) in [6.07, 6.45) is 0.594. The maximum absolute atomic E-state index is 12.9. The lowest BCUT2D eigenvalue weighted by atomic mass is 10.0. The van der Waals surface area contributed by atoms with Crippen molar-refractivity contribution in [2.75, 3.05) is 13.1 Å². The third kappa shape index (κ3) is 6.21. The number of carbonyl (C=O) groups excluding carboxylic acids is 1. The molecule has 0 saturated heterocycles. The fourth-order valence-electron chi connectivity index (χ4n) is 2.58. The van der Waals surface area contributed by atoms with Gasteiger partial charge in [-0.3, -0.25) is 9.69 Å². The number of hydrogen-bond donors (Lipinski definition) is 1. The van der Waals surface area contributed by atoms with Gasteiger partial charge in [-0.1, -0.05) is 32.9 Å². The number of amides is 1. The second kappa shape index (κ2) is 9.63. The van der Waals surface area contributed by atoms with Gasteiger partial charge in [-0.2, -0.15) is 0 Å². The number of nitrogens with one attached hydrogen (secondary N) is 1. The third-order valence-electron chi connectivity index (χ3n) is 4.20. The Balaban J connectivity index is 1.81. The highest BCUT2D eigenvalue weighted by atomic mass is 32.1. The number of thiazole rings is 1. The molecule has 2 rings (SSSR count). The normalized spacial score (nSPS) is 12.4. The van der Waals surface area contributed by atoms with Gasteiger partial charge in [0, 0.05) is 17.8 Å². The number of hydrogen-bond acceptors (Lipinski definition) is 4. The minimum Gasteiger partial charge on any atom is -0.349 e. The number of nitrogens with zero attached hydrogens (tertiary/aromatic N) is 2. The standard InChI is InChI=1S/C19H26FN3OS/c1-4-23(5-2)12-17-13-25-18(22-17)11-21-19(24)14(3)10-15-6-8-16(20)9-7-15/h6-9,13-14H,4-5,10-12H2,1-3H3,(H,21,24). The third-order valence-corrected chi connectivity index (χ3v) is 5.09. The highest BCUT2D eigenvalue weighted by Crippen LogP contribution is 2.13. The number of rotatable bonds is 9. The molecule has 1 atom stereocenters. The Labute approximate surface area is 153 Å². The topological polar surface area (TPSA) is 45.2 Å². The molecule has 1 aromatic carbocycles. The zero-order chi connectivity index (χ0) is 18.2. The van der Waals surface area contributed by atoms with E-state index in [9.17, 15) is 9.18 Å². The zero-order valence-electron chi connectivity index (χ0n) is 15.1. The Bertz CT molecular complexity index is 668. The molecule has 0 saturated carbocycles. The Morgan fingerprint density at radius 3 is 2.60 bits per heavy atom. The molecular formula is C19H26FN3OS. The van der Waals surface area contributed by atoms with E-state index in [1.807, 2.05) is 6.92 Å². The number of benzene rings is 1. The molecule has 0 spiro atoms. The first-order valence-corrected chi connectivity index (χ1v) is 9.57. The molecule has 1 unspecified atom stereocenters. The van der Waals surface area contributed by atoms with Crippen LogP contribution in [-0.4, -0.2) is 28.9 Å². The van der Waals surface area contributed by atoms with Crippen LogP contribution in [0.5, 0.6) is 0 Å². The van der Waals surface area contributed by atoms with E-state index in [4.69, 9.17) is 0 Å². The van der Waals surface area contributed by atoms with Crippen LogP contribution in [0.4, 0.5) is 4.39 Å². The van der Waals surface area contributed by atoms with E-state index in [-0.39, 0.29) is 17.6 Å². The average Bonchev–Trinajstić information content (AvgIpc) is 3.07. The second-order valence-corrected chi connectivity index (χ2v) is 7.09. The van der Waals surface area contributed by atoms with Crippen LogP contribution >= 0.6 is 11.3 Å². The smallest absolute Gasteiger partial charge is 0.223 e. The SMILES string of the molecule is CCN(CC)Cc1csc(CNC(=O)C(C)Cc2ccc(F)cc2)n1. The van der Waals surface area contributed by atoms with Gasteiger partial charge in [0.05, 0.1) is 12.2 Å². The molecule has 1 heterocycles. The molecule has 0 radical (unpaired) electrons. The van der Waals surface area contributed by atoms with Crippen LogP contribution in [-0.2, 0) is 24.3 Å². The largest absolute Gasteiger partial charge is 0.349 e. The molecule has 2 aromatic rings. The minimum atomic E-state index is -0.259.